The van der Waals surface area contributed by atoms with Gasteiger partial charge < -0.3 is 9.88 Å². The van der Waals surface area contributed by atoms with Gasteiger partial charge in [0, 0.05) is 12.1 Å². The number of hydrogen-bond donors (Lipinski definition) is 2. The zero-order valence-electron chi connectivity index (χ0n) is 13.9. The number of aromatic nitrogens is 2. The highest BCUT2D eigenvalue weighted by Crippen LogP contribution is 2.25. The van der Waals surface area contributed by atoms with E-state index in [2.05, 4.69) is 10.3 Å². The molecule has 7 nitrogen and oxygen atoms in total. The summed E-state index contributed by atoms with van der Waals surface area (Å²) < 4.78 is 38.4. The summed E-state index contributed by atoms with van der Waals surface area (Å²) in [5.41, 5.74) is 1.16. The van der Waals surface area contributed by atoms with E-state index < -0.39 is 21.7 Å². The highest BCUT2D eigenvalue weighted by molar-refractivity contribution is 7.99. The normalized spacial score (nSPS) is 11.7. The Bertz CT molecular complexity index is 1150. The lowest BCUT2D eigenvalue weighted by molar-refractivity contribution is -0.113. The first kappa shape index (κ1) is 19.6. The molecule has 1 heterocycles. The number of nitrogens with two attached hydrogens (primary N) is 1. The summed E-state index contributed by atoms with van der Waals surface area (Å²) in [5, 5.41) is 8.33. The number of anilines is 1. The van der Waals surface area contributed by atoms with Crippen molar-refractivity contribution in [2.75, 3.05) is 11.1 Å². The van der Waals surface area contributed by atoms with Crippen molar-refractivity contribution in [3.8, 4) is 0 Å². The molecule has 0 aliphatic rings. The summed E-state index contributed by atoms with van der Waals surface area (Å²) >= 11 is 6.81. The molecule has 0 unspecified atom stereocenters. The maximum atomic E-state index is 13.7. The molecule has 142 valence electrons. The molecule has 3 rings (SSSR count). The fourth-order valence-corrected chi connectivity index (χ4v) is 3.85. The van der Waals surface area contributed by atoms with Gasteiger partial charge in [0.15, 0.2) is 5.16 Å². The van der Waals surface area contributed by atoms with Gasteiger partial charge in [0.05, 0.1) is 27.4 Å². The lowest BCUT2D eigenvalue weighted by atomic mass is 10.3. The number of primary sulfonamides is 1. The minimum Gasteiger partial charge on any atom is -0.323 e. The predicted molar refractivity (Wildman–Crippen MR) is 103 cm³/mol. The molecule has 1 aromatic heterocycles. The zero-order chi connectivity index (χ0) is 19.8. The number of aryl methyl sites for hydroxylation is 1. The van der Waals surface area contributed by atoms with Gasteiger partial charge in [0.1, 0.15) is 5.82 Å². The average Bonchev–Trinajstić information content (AvgIpc) is 2.90. The molecule has 0 spiro atoms. The Labute approximate surface area is 163 Å². The molecule has 0 saturated carbocycles. The van der Waals surface area contributed by atoms with Crippen LogP contribution in [0, 0.1) is 5.82 Å². The fraction of sp³-hybridized carbons (Fsp3) is 0.125. The molecule has 0 aliphatic heterocycles. The van der Waals surface area contributed by atoms with E-state index in [1.165, 1.54) is 24.3 Å². The Balaban J connectivity index is 1.74. The summed E-state index contributed by atoms with van der Waals surface area (Å²) in [5.74, 6) is -1.06. The Morgan fingerprint density at radius 2 is 2.07 bits per heavy atom. The first-order valence-electron chi connectivity index (χ1n) is 7.52. The molecule has 0 bridgehead atoms. The minimum absolute atomic E-state index is 0.0126. The standard InChI is InChI=1S/C16H14ClFN4O3S2/c1-22-14-5-3-10(27(19,24)25)7-13(14)21-16(22)26-8-15(23)20-12-4-2-9(17)6-11(12)18/h2-7H,8H2,1H3,(H,20,23)(H2,19,24,25). The highest BCUT2D eigenvalue weighted by atomic mass is 35.5. The van der Waals surface area contributed by atoms with Crippen molar-refractivity contribution in [2.45, 2.75) is 10.1 Å². The van der Waals surface area contributed by atoms with E-state index in [-0.39, 0.29) is 21.4 Å². The molecule has 3 N–H and O–H groups in total. The van der Waals surface area contributed by atoms with E-state index in [1.54, 1.807) is 17.7 Å². The molecule has 0 fully saturated rings. The van der Waals surface area contributed by atoms with Gasteiger partial charge in [-0.2, -0.15) is 0 Å². The number of halogens is 2. The smallest absolute Gasteiger partial charge is 0.238 e. The second-order valence-corrected chi connectivity index (χ2v) is 8.55. The quantitative estimate of drug-likeness (QED) is 0.607. The lowest BCUT2D eigenvalue weighted by Gasteiger charge is -2.06. The number of hydrogen-bond acceptors (Lipinski definition) is 5. The molecule has 2 aromatic carbocycles. The van der Waals surface area contributed by atoms with Crippen molar-refractivity contribution in [1.82, 2.24) is 9.55 Å². The lowest BCUT2D eigenvalue weighted by Crippen LogP contribution is -2.15. The Hall–Kier alpha value is -2.14. The molecular formula is C16H14ClFN4O3S2. The zero-order valence-corrected chi connectivity index (χ0v) is 16.3. The van der Waals surface area contributed by atoms with Crippen molar-refractivity contribution < 1.29 is 17.6 Å². The van der Waals surface area contributed by atoms with Crippen LogP contribution < -0.4 is 10.5 Å². The number of thioether (sulfide) groups is 1. The second kappa shape index (κ2) is 7.47. The number of nitrogens with zero attached hydrogens (tertiary/aromatic N) is 2. The monoisotopic (exact) mass is 428 g/mol. The fourth-order valence-electron chi connectivity index (χ4n) is 2.37. The third-order valence-electron chi connectivity index (χ3n) is 3.68. The van der Waals surface area contributed by atoms with Gasteiger partial charge in [-0.1, -0.05) is 23.4 Å². The van der Waals surface area contributed by atoms with E-state index in [1.807, 2.05) is 0 Å². The number of carbonyl (C=O) groups is 1. The van der Waals surface area contributed by atoms with E-state index >= 15 is 0 Å². The summed E-state index contributed by atoms with van der Waals surface area (Å²) in [6.45, 7) is 0. The maximum absolute atomic E-state index is 13.7. The first-order valence-corrected chi connectivity index (χ1v) is 10.4. The van der Waals surface area contributed by atoms with Crippen LogP contribution >= 0.6 is 23.4 Å². The Kier molecular flexibility index (Phi) is 5.43. The van der Waals surface area contributed by atoms with Gasteiger partial charge in [0.25, 0.3) is 0 Å². The number of sulfonamides is 1. The molecule has 27 heavy (non-hydrogen) atoms. The Morgan fingerprint density at radius 1 is 1.33 bits per heavy atom. The predicted octanol–water partition coefficient (Wildman–Crippen LogP) is 2.74. The largest absolute Gasteiger partial charge is 0.323 e. The summed E-state index contributed by atoms with van der Waals surface area (Å²) in [4.78, 5) is 16.4. The minimum atomic E-state index is -3.83. The molecule has 0 saturated heterocycles. The molecule has 11 heteroatoms. The van der Waals surface area contributed by atoms with Crippen LogP contribution in [0.25, 0.3) is 11.0 Å². The van der Waals surface area contributed by atoms with Gasteiger partial charge in [-0.05, 0) is 36.4 Å². The van der Waals surface area contributed by atoms with Gasteiger partial charge in [-0.3, -0.25) is 4.79 Å². The number of rotatable bonds is 5. The highest BCUT2D eigenvalue weighted by Gasteiger charge is 2.15. The molecular weight excluding hydrogens is 415 g/mol. The van der Waals surface area contributed by atoms with E-state index in [0.29, 0.717) is 16.2 Å². The topological polar surface area (TPSA) is 107 Å². The van der Waals surface area contributed by atoms with Crippen molar-refractivity contribution in [3.05, 3.63) is 47.2 Å². The molecule has 1 amide bonds. The number of amides is 1. The van der Waals surface area contributed by atoms with Gasteiger partial charge >= 0.3 is 0 Å². The van der Waals surface area contributed by atoms with Crippen LogP contribution in [0.2, 0.25) is 5.02 Å². The number of benzene rings is 2. The van der Waals surface area contributed by atoms with Crippen molar-refractivity contribution in [3.63, 3.8) is 0 Å². The number of imidazole rings is 1. The van der Waals surface area contributed by atoms with E-state index in [9.17, 15) is 17.6 Å². The maximum Gasteiger partial charge on any atom is 0.238 e. The summed E-state index contributed by atoms with van der Waals surface area (Å²) in [6, 6.07) is 8.32. The van der Waals surface area contributed by atoms with Crippen molar-refractivity contribution in [1.29, 1.82) is 0 Å². The first-order chi connectivity index (χ1) is 12.6. The van der Waals surface area contributed by atoms with Crippen molar-refractivity contribution in [2.24, 2.45) is 12.2 Å². The summed E-state index contributed by atoms with van der Waals surface area (Å²) in [6.07, 6.45) is 0. The number of carbonyl (C=O) groups excluding carboxylic acids is 1. The van der Waals surface area contributed by atoms with Crippen LogP contribution in [0.4, 0.5) is 10.1 Å². The second-order valence-electron chi connectivity index (χ2n) is 5.61. The van der Waals surface area contributed by atoms with Crippen LogP contribution in [0.1, 0.15) is 0 Å². The molecule has 0 atom stereocenters. The van der Waals surface area contributed by atoms with Crippen molar-refractivity contribution >= 4 is 56.0 Å². The number of fused-ring (bicyclic) bond motifs is 1. The third kappa shape index (κ3) is 4.41. The van der Waals surface area contributed by atoms with Crippen LogP contribution in [-0.4, -0.2) is 29.6 Å². The van der Waals surface area contributed by atoms with Crippen LogP contribution in [0.15, 0.2) is 46.5 Å². The third-order valence-corrected chi connectivity index (χ3v) is 5.85. The SMILES string of the molecule is Cn1c(SCC(=O)Nc2ccc(Cl)cc2F)nc2cc(S(N)(=O)=O)ccc21. The van der Waals surface area contributed by atoms with Crippen LogP contribution in [0.5, 0.6) is 0 Å². The van der Waals surface area contributed by atoms with Gasteiger partial charge in [-0.15, -0.1) is 0 Å². The molecule has 0 radical (unpaired) electrons. The van der Waals surface area contributed by atoms with Gasteiger partial charge in [0.2, 0.25) is 15.9 Å². The molecule has 0 aliphatic carbocycles. The van der Waals surface area contributed by atoms with E-state index in [0.717, 1.165) is 17.8 Å². The van der Waals surface area contributed by atoms with Crippen LogP contribution in [-0.2, 0) is 21.9 Å². The number of nitrogens with one attached hydrogen (secondary N) is 1. The van der Waals surface area contributed by atoms with Crippen LogP contribution in [0.3, 0.4) is 0 Å². The summed E-state index contributed by atoms with van der Waals surface area (Å²) in [7, 11) is -2.09. The Morgan fingerprint density at radius 3 is 2.74 bits per heavy atom. The van der Waals surface area contributed by atoms with Gasteiger partial charge in [-0.25, -0.2) is 22.9 Å². The van der Waals surface area contributed by atoms with E-state index in [4.69, 9.17) is 16.7 Å². The molecule has 3 aromatic rings. The average molecular weight is 429 g/mol.